The van der Waals surface area contributed by atoms with Crippen molar-refractivity contribution in [1.29, 1.82) is 0 Å². The standard InChI is InChI=1S/C21H22BrClN2O3/c1-14(28-19-8-7-16(23)13-18(19)22)21(27)25-11-9-15(10-12-25)20(26)24-17-5-3-2-4-6-17/h2-8,13-15H,9-12H2,1H3,(H,24,26). The van der Waals surface area contributed by atoms with Crippen molar-refractivity contribution in [2.45, 2.75) is 25.9 Å². The van der Waals surface area contributed by atoms with E-state index in [9.17, 15) is 9.59 Å². The van der Waals surface area contributed by atoms with Crippen molar-refractivity contribution in [2.75, 3.05) is 18.4 Å². The number of carbonyl (C=O) groups is 2. The van der Waals surface area contributed by atoms with E-state index in [4.69, 9.17) is 16.3 Å². The van der Waals surface area contributed by atoms with Gasteiger partial charge in [0.05, 0.1) is 4.47 Å². The van der Waals surface area contributed by atoms with Crippen LogP contribution in [0.5, 0.6) is 5.75 Å². The summed E-state index contributed by atoms with van der Waals surface area (Å²) in [5.41, 5.74) is 0.793. The van der Waals surface area contributed by atoms with Gasteiger partial charge in [-0.15, -0.1) is 0 Å². The summed E-state index contributed by atoms with van der Waals surface area (Å²) in [6, 6.07) is 14.6. The van der Waals surface area contributed by atoms with Crippen molar-refractivity contribution in [1.82, 2.24) is 4.90 Å². The zero-order valence-corrected chi connectivity index (χ0v) is 17.9. The lowest BCUT2D eigenvalue weighted by molar-refractivity contribution is -0.140. The van der Waals surface area contributed by atoms with Gasteiger partial charge in [0.1, 0.15) is 5.75 Å². The van der Waals surface area contributed by atoms with Gasteiger partial charge in [-0.2, -0.15) is 0 Å². The van der Waals surface area contributed by atoms with Gasteiger partial charge in [-0.25, -0.2) is 0 Å². The first kappa shape index (κ1) is 20.7. The first-order chi connectivity index (χ1) is 13.4. The van der Waals surface area contributed by atoms with Gasteiger partial charge in [0.15, 0.2) is 6.10 Å². The summed E-state index contributed by atoms with van der Waals surface area (Å²) in [4.78, 5) is 26.9. The Balaban J connectivity index is 1.51. The molecule has 1 fully saturated rings. The Morgan fingerprint density at radius 3 is 2.50 bits per heavy atom. The number of rotatable bonds is 5. The van der Waals surface area contributed by atoms with Gasteiger partial charge in [-0.05, 0) is 66.0 Å². The molecule has 3 rings (SSSR count). The van der Waals surface area contributed by atoms with Crippen molar-refractivity contribution < 1.29 is 14.3 Å². The molecule has 2 aromatic rings. The average Bonchev–Trinajstić information content (AvgIpc) is 2.70. The van der Waals surface area contributed by atoms with E-state index in [0.717, 1.165) is 5.69 Å². The maximum absolute atomic E-state index is 12.7. The average molecular weight is 466 g/mol. The van der Waals surface area contributed by atoms with Gasteiger partial charge in [0.25, 0.3) is 5.91 Å². The van der Waals surface area contributed by atoms with E-state index in [0.29, 0.717) is 41.2 Å². The Labute approximate surface area is 178 Å². The highest BCUT2D eigenvalue weighted by Gasteiger charge is 2.30. The SMILES string of the molecule is CC(Oc1ccc(Cl)cc1Br)C(=O)N1CCC(C(=O)Nc2ccccc2)CC1. The van der Waals surface area contributed by atoms with E-state index in [1.807, 2.05) is 30.3 Å². The molecule has 7 heteroatoms. The number of hydrogen-bond donors (Lipinski definition) is 1. The number of ether oxygens (including phenoxy) is 1. The normalized spacial score (nSPS) is 15.8. The lowest BCUT2D eigenvalue weighted by Gasteiger charge is -2.33. The van der Waals surface area contributed by atoms with Crippen LogP contribution >= 0.6 is 27.5 Å². The van der Waals surface area contributed by atoms with Crippen molar-refractivity contribution in [2.24, 2.45) is 5.92 Å². The third kappa shape index (κ3) is 5.26. The highest BCUT2D eigenvalue weighted by atomic mass is 79.9. The van der Waals surface area contributed by atoms with E-state index in [2.05, 4.69) is 21.2 Å². The summed E-state index contributed by atoms with van der Waals surface area (Å²) in [6.07, 6.45) is 0.663. The molecule has 1 N–H and O–H groups in total. The maximum atomic E-state index is 12.7. The smallest absolute Gasteiger partial charge is 0.263 e. The van der Waals surface area contributed by atoms with E-state index < -0.39 is 6.10 Å². The number of halogens is 2. The lowest BCUT2D eigenvalue weighted by Crippen LogP contribution is -2.46. The predicted molar refractivity (Wildman–Crippen MR) is 114 cm³/mol. The van der Waals surface area contributed by atoms with Crippen LogP contribution in [0.4, 0.5) is 5.69 Å². The Kier molecular flexibility index (Phi) is 6.97. The Hall–Kier alpha value is -2.05. The quantitative estimate of drug-likeness (QED) is 0.693. The van der Waals surface area contributed by atoms with E-state index >= 15 is 0 Å². The molecule has 148 valence electrons. The van der Waals surface area contributed by atoms with Crippen LogP contribution in [-0.4, -0.2) is 35.9 Å². The minimum atomic E-state index is -0.618. The van der Waals surface area contributed by atoms with Crippen LogP contribution < -0.4 is 10.1 Å². The Morgan fingerprint density at radius 1 is 1.18 bits per heavy atom. The summed E-state index contributed by atoms with van der Waals surface area (Å²) < 4.78 is 6.50. The second kappa shape index (κ2) is 9.43. The zero-order chi connectivity index (χ0) is 20.1. The summed E-state index contributed by atoms with van der Waals surface area (Å²) in [5.74, 6) is 0.407. The number of benzene rings is 2. The minimum absolute atomic E-state index is 0.00712. The number of likely N-dealkylation sites (tertiary alicyclic amines) is 1. The molecule has 0 aromatic heterocycles. The summed E-state index contributed by atoms with van der Waals surface area (Å²) in [5, 5.41) is 3.53. The lowest BCUT2D eigenvalue weighted by atomic mass is 9.95. The second-order valence-corrected chi connectivity index (χ2v) is 8.08. The van der Waals surface area contributed by atoms with Gasteiger partial charge in [0.2, 0.25) is 5.91 Å². The topological polar surface area (TPSA) is 58.6 Å². The van der Waals surface area contributed by atoms with Crippen molar-refractivity contribution in [3.63, 3.8) is 0 Å². The molecule has 0 bridgehead atoms. The summed E-state index contributed by atoms with van der Waals surface area (Å²) in [7, 11) is 0. The molecule has 1 aliphatic rings. The molecule has 1 heterocycles. The molecule has 1 unspecified atom stereocenters. The van der Waals surface area contributed by atoms with Crippen molar-refractivity contribution in [3.05, 3.63) is 58.0 Å². The number of hydrogen-bond acceptors (Lipinski definition) is 3. The molecule has 1 atom stereocenters. The molecular formula is C21H22BrClN2O3. The zero-order valence-electron chi connectivity index (χ0n) is 15.5. The fourth-order valence-electron chi connectivity index (χ4n) is 3.20. The summed E-state index contributed by atoms with van der Waals surface area (Å²) >= 11 is 9.33. The number of nitrogens with zero attached hydrogens (tertiary/aromatic N) is 1. The second-order valence-electron chi connectivity index (χ2n) is 6.79. The van der Waals surface area contributed by atoms with Crippen LogP contribution in [0.1, 0.15) is 19.8 Å². The van der Waals surface area contributed by atoms with Crippen LogP contribution in [0.25, 0.3) is 0 Å². The van der Waals surface area contributed by atoms with Crippen molar-refractivity contribution >= 4 is 45.0 Å². The molecule has 28 heavy (non-hydrogen) atoms. The molecule has 0 aliphatic carbocycles. The van der Waals surface area contributed by atoms with Crippen LogP contribution in [0.15, 0.2) is 53.0 Å². The van der Waals surface area contributed by atoms with E-state index in [1.165, 1.54) is 0 Å². The van der Waals surface area contributed by atoms with Crippen molar-refractivity contribution in [3.8, 4) is 5.75 Å². The monoisotopic (exact) mass is 464 g/mol. The van der Waals surface area contributed by atoms with Gasteiger partial charge < -0.3 is 15.0 Å². The predicted octanol–water partition coefficient (Wildman–Crippen LogP) is 4.75. The van der Waals surface area contributed by atoms with Gasteiger partial charge in [-0.1, -0.05) is 29.8 Å². The maximum Gasteiger partial charge on any atom is 0.263 e. The highest BCUT2D eigenvalue weighted by molar-refractivity contribution is 9.10. The number of para-hydroxylation sites is 1. The Morgan fingerprint density at radius 2 is 1.86 bits per heavy atom. The van der Waals surface area contributed by atoms with Crippen LogP contribution in [0, 0.1) is 5.92 Å². The largest absolute Gasteiger partial charge is 0.480 e. The molecule has 0 radical (unpaired) electrons. The van der Waals surface area contributed by atoms with E-state index in [-0.39, 0.29) is 17.7 Å². The number of nitrogens with one attached hydrogen (secondary N) is 1. The number of anilines is 1. The highest BCUT2D eigenvalue weighted by Crippen LogP contribution is 2.29. The van der Waals surface area contributed by atoms with Crippen LogP contribution in [0.2, 0.25) is 5.02 Å². The molecule has 5 nitrogen and oxygen atoms in total. The first-order valence-corrected chi connectivity index (χ1v) is 10.4. The molecule has 0 spiro atoms. The molecule has 0 saturated carbocycles. The summed E-state index contributed by atoms with van der Waals surface area (Å²) in [6.45, 7) is 2.82. The van der Waals surface area contributed by atoms with Gasteiger partial charge in [-0.3, -0.25) is 9.59 Å². The molecule has 1 saturated heterocycles. The number of carbonyl (C=O) groups excluding carboxylic acids is 2. The van der Waals surface area contributed by atoms with E-state index in [1.54, 1.807) is 30.0 Å². The van der Waals surface area contributed by atoms with Crippen LogP contribution in [0.3, 0.4) is 0 Å². The Bertz CT molecular complexity index is 839. The number of piperidine rings is 1. The molecule has 2 aromatic carbocycles. The first-order valence-electron chi connectivity index (χ1n) is 9.20. The van der Waals surface area contributed by atoms with Gasteiger partial charge in [0, 0.05) is 29.7 Å². The molecule has 1 aliphatic heterocycles. The molecule has 2 amide bonds. The minimum Gasteiger partial charge on any atom is -0.480 e. The number of amides is 2. The van der Waals surface area contributed by atoms with Crippen LogP contribution in [-0.2, 0) is 9.59 Å². The van der Waals surface area contributed by atoms with Gasteiger partial charge >= 0.3 is 0 Å². The fraction of sp³-hybridized carbons (Fsp3) is 0.333. The third-order valence-corrected chi connectivity index (χ3v) is 5.62. The molecular weight excluding hydrogens is 444 g/mol. The third-order valence-electron chi connectivity index (χ3n) is 4.76. The fourth-order valence-corrected chi connectivity index (χ4v) is 3.97.